The van der Waals surface area contributed by atoms with Gasteiger partial charge in [-0.2, -0.15) is 0 Å². The quantitative estimate of drug-likeness (QED) is 0.896. The van der Waals surface area contributed by atoms with Crippen LogP contribution in [0.5, 0.6) is 0 Å². The van der Waals surface area contributed by atoms with Gasteiger partial charge in [-0.1, -0.05) is 39.8 Å². The van der Waals surface area contributed by atoms with Gasteiger partial charge in [-0.25, -0.2) is 8.42 Å². The molecule has 1 aromatic rings. The number of aromatic nitrogens is 1. The highest BCUT2D eigenvalue weighted by molar-refractivity contribution is 7.93. The first-order valence-electron chi connectivity index (χ1n) is 7.38. The van der Waals surface area contributed by atoms with Gasteiger partial charge in [-0.05, 0) is 19.8 Å². The van der Waals surface area contributed by atoms with Crippen molar-refractivity contribution in [3.8, 4) is 0 Å². The van der Waals surface area contributed by atoms with E-state index in [0.717, 1.165) is 0 Å². The molecule has 0 aliphatic carbocycles. The van der Waals surface area contributed by atoms with Crippen molar-refractivity contribution in [1.82, 2.24) is 5.16 Å². The minimum atomic E-state index is -3.55. The summed E-state index contributed by atoms with van der Waals surface area (Å²) in [7, 11) is -3.55. The smallest absolute Gasteiger partial charge is 0.244 e. The van der Waals surface area contributed by atoms with Crippen LogP contribution in [0.25, 0.3) is 0 Å². The van der Waals surface area contributed by atoms with Crippen molar-refractivity contribution >= 4 is 21.6 Å². The number of sulfone groups is 1. The second kappa shape index (κ2) is 6.40. The van der Waals surface area contributed by atoms with Crippen molar-refractivity contribution in [3.05, 3.63) is 11.8 Å². The highest BCUT2D eigenvalue weighted by Crippen LogP contribution is 2.25. The summed E-state index contributed by atoms with van der Waals surface area (Å²) in [6.07, 6.45) is 0. The lowest BCUT2D eigenvalue weighted by Gasteiger charge is -2.22. The SMILES string of the molecule is CC(C)C(C(=O)Nc1cc(C(C)(C)C)on1)S(=O)(=O)C(C)C. The average molecular weight is 330 g/mol. The van der Waals surface area contributed by atoms with E-state index < -0.39 is 26.2 Å². The van der Waals surface area contributed by atoms with E-state index in [1.54, 1.807) is 33.8 Å². The van der Waals surface area contributed by atoms with Crippen LogP contribution in [0.1, 0.15) is 54.2 Å². The van der Waals surface area contributed by atoms with Crippen molar-refractivity contribution in [2.45, 2.75) is 64.4 Å². The van der Waals surface area contributed by atoms with E-state index in [4.69, 9.17) is 4.52 Å². The van der Waals surface area contributed by atoms with E-state index in [1.807, 2.05) is 20.8 Å². The number of amides is 1. The summed E-state index contributed by atoms with van der Waals surface area (Å²) in [5.74, 6) is -0.0472. The molecule has 0 aliphatic heterocycles. The van der Waals surface area contributed by atoms with Crippen molar-refractivity contribution in [2.24, 2.45) is 5.92 Å². The fraction of sp³-hybridized carbons (Fsp3) is 0.733. The largest absolute Gasteiger partial charge is 0.359 e. The Hall–Kier alpha value is -1.37. The van der Waals surface area contributed by atoms with Crippen LogP contribution in [-0.4, -0.2) is 30.0 Å². The summed E-state index contributed by atoms with van der Waals surface area (Å²) >= 11 is 0. The third kappa shape index (κ3) is 4.09. The van der Waals surface area contributed by atoms with E-state index in [-0.39, 0.29) is 17.2 Å². The molecule has 7 heteroatoms. The Morgan fingerprint density at radius 2 is 1.77 bits per heavy atom. The summed E-state index contributed by atoms with van der Waals surface area (Å²) in [5, 5.41) is 4.62. The zero-order valence-electron chi connectivity index (χ0n) is 14.3. The molecule has 22 heavy (non-hydrogen) atoms. The summed E-state index contributed by atoms with van der Waals surface area (Å²) in [4.78, 5) is 12.4. The van der Waals surface area contributed by atoms with Crippen LogP contribution in [0, 0.1) is 5.92 Å². The van der Waals surface area contributed by atoms with Crippen molar-refractivity contribution < 1.29 is 17.7 Å². The Morgan fingerprint density at radius 1 is 1.23 bits per heavy atom. The number of carbonyl (C=O) groups is 1. The van der Waals surface area contributed by atoms with Gasteiger partial charge < -0.3 is 9.84 Å². The monoisotopic (exact) mass is 330 g/mol. The molecule has 126 valence electrons. The molecule has 0 aliphatic rings. The normalized spacial score (nSPS) is 14.4. The van der Waals surface area contributed by atoms with Crippen LogP contribution < -0.4 is 5.32 Å². The van der Waals surface area contributed by atoms with Crippen LogP contribution in [0.15, 0.2) is 10.6 Å². The van der Waals surface area contributed by atoms with E-state index in [9.17, 15) is 13.2 Å². The molecule has 0 saturated carbocycles. The molecule has 0 radical (unpaired) electrons. The van der Waals surface area contributed by atoms with Gasteiger partial charge in [-0.15, -0.1) is 0 Å². The lowest BCUT2D eigenvalue weighted by Crippen LogP contribution is -2.42. The van der Waals surface area contributed by atoms with Gasteiger partial charge in [0.2, 0.25) is 5.91 Å². The van der Waals surface area contributed by atoms with Crippen LogP contribution in [0.3, 0.4) is 0 Å². The number of nitrogens with zero attached hydrogens (tertiary/aromatic N) is 1. The molecular formula is C15H26N2O4S. The number of rotatable bonds is 5. The van der Waals surface area contributed by atoms with Crippen LogP contribution in [-0.2, 0) is 20.0 Å². The molecule has 1 heterocycles. The third-order valence-corrected chi connectivity index (χ3v) is 6.16. The standard InChI is InChI=1S/C15H26N2O4S/c1-9(2)13(22(19,20)10(3)4)14(18)16-12-8-11(21-17-12)15(5,6)7/h8-10,13H,1-7H3,(H,16,17,18). The van der Waals surface area contributed by atoms with E-state index >= 15 is 0 Å². The Morgan fingerprint density at radius 3 is 2.14 bits per heavy atom. The molecule has 0 spiro atoms. The van der Waals surface area contributed by atoms with Crippen molar-refractivity contribution in [3.63, 3.8) is 0 Å². The topological polar surface area (TPSA) is 89.3 Å². The summed E-state index contributed by atoms with van der Waals surface area (Å²) in [6, 6.07) is 1.62. The zero-order chi connectivity index (χ0) is 17.3. The minimum Gasteiger partial charge on any atom is -0.359 e. The van der Waals surface area contributed by atoms with Gasteiger partial charge >= 0.3 is 0 Å². The van der Waals surface area contributed by atoms with Gasteiger partial charge in [0.15, 0.2) is 15.7 Å². The molecule has 6 nitrogen and oxygen atoms in total. The maximum Gasteiger partial charge on any atom is 0.244 e. The van der Waals surface area contributed by atoms with E-state index in [0.29, 0.717) is 5.76 Å². The fourth-order valence-electron chi connectivity index (χ4n) is 2.01. The maximum atomic E-state index is 12.4. The second-order valence-corrected chi connectivity index (χ2v) is 9.75. The summed E-state index contributed by atoms with van der Waals surface area (Å²) in [6.45, 7) is 12.5. The maximum absolute atomic E-state index is 12.4. The van der Waals surface area contributed by atoms with Gasteiger partial charge in [0.25, 0.3) is 0 Å². The lowest BCUT2D eigenvalue weighted by atomic mass is 9.93. The molecule has 0 bridgehead atoms. The molecule has 1 rings (SSSR count). The number of hydrogen-bond donors (Lipinski definition) is 1. The molecule has 1 unspecified atom stereocenters. The summed E-state index contributed by atoms with van der Waals surface area (Å²) in [5.41, 5.74) is -0.239. The van der Waals surface area contributed by atoms with E-state index in [2.05, 4.69) is 10.5 Å². The van der Waals surface area contributed by atoms with Crippen LogP contribution in [0.2, 0.25) is 0 Å². The summed E-state index contributed by atoms with van der Waals surface area (Å²) < 4.78 is 29.9. The molecule has 0 fully saturated rings. The van der Waals surface area contributed by atoms with Gasteiger partial charge in [0, 0.05) is 11.5 Å². The van der Waals surface area contributed by atoms with Gasteiger partial charge in [-0.3, -0.25) is 4.79 Å². The van der Waals surface area contributed by atoms with Crippen molar-refractivity contribution in [2.75, 3.05) is 5.32 Å². The Labute approximate surface area is 132 Å². The Balaban J connectivity index is 3.01. The zero-order valence-corrected chi connectivity index (χ0v) is 15.1. The lowest BCUT2D eigenvalue weighted by molar-refractivity contribution is -0.116. The third-order valence-electron chi connectivity index (χ3n) is 3.38. The van der Waals surface area contributed by atoms with E-state index in [1.165, 1.54) is 0 Å². The second-order valence-electron chi connectivity index (χ2n) is 7.12. The van der Waals surface area contributed by atoms with Gasteiger partial charge in [0.1, 0.15) is 11.0 Å². The molecule has 0 saturated heterocycles. The Kier molecular flexibility index (Phi) is 5.43. The minimum absolute atomic E-state index is 0.236. The highest BCUT2D eigenvalue weighted by Gasteiger charge is 2.37. The number of hydrogen-bond acceptors (Lipinski definition) is 5. The molecule has 1 aromatic heterocycles. The van der Waals surface area contributed by atoms with Crippen molar-refractivity contribution in [1.29, 1.82) is 0 Å². The van der Waals surface area contributed by atoms with Crippen LogP contribution in [0.4, 0.5) is 5.82 Å². The Bertz CT molecular complexity index is 624. The number of nitrogens with one attached hydrogen (secondary N) is 1. The number of anilines is 1. The highest BCUT2D eigenvalue weighted by atomic mass is 32.2. The van der Waals surface area contributed by atoms with Gasteiger partial charge in [0.05, 0.1) is 5.25 Å². The number of carbonyl (C=O) groups excluding carboxylic acids is 1. The average Bonchev–Trinajstić information content (AvgIpc) is 2.75. The first-order valence-corrected chi connectivity index (χ1v) is 8.99. The first kappa shape index (κ1) is 18.7. The fourth-order valence-corrected chi connectivity index (χ4v) is 3.71. The van der Waals surface area contributed by atoms with Crippen LogP contribution >= 0.6 is 0 Å². The molecule has 1 amide bonds. The predicted molar refractivity (Wildman–Crippen MR) is 86.5 cm³/mol. The first-order chi connectivity index (χ1) is 9.87. The molecule has 1 N–H and O–H groups in total. The molecule has 0 aromatic carbocycles. The molecule has 1 atom stereocenters. The predicted octanol–water partition coefficient (Wildman–Crippen LogP) is 2.76. The molecular weight excluding hydrogens is 304 g/mol.